The van der Waals surface area contributed by atoms with Crippen LogP contribution in [0.5, 0.6) is 0 Å². The van der Waals surface area contributed by atoms with Crippen LogP contribution in [0.15, 0.2) is 82.8 Å². The first-order chi connectivity index (χ1) is 18.1. The van der Waals surface area contributed by atoms with Gasteiger partial charge in [-0.1, -0.05) is 42.1 Å². The Morgan fingerprint density at radius 1 is 0.946 bits per heavy atom. The van der Waals surface area contributed by atoms with Crippen LogP contribution in [0, 0.1) is 5.92 Å². The second-order valence-corrected chi connectivity index (χ2v) is 10.7. The summed E-state index contributed by atoms with van der Waals surface area (Å²) in [7, 11) is 4.01. The van der Waals surface area contributed by atoms with E-state index in [-0.39, 0.29) is 5.91 Å². The molecular formula is C29H32N6OS. The van der Waals surface area contributed by atoms with Crippen LogP contribution < -0.4 is 15.5 Å². The second-order valence-electron chi connectivity index (χ2n) is 9.63. The van der Waals surface area contributed by atoms with E-state index in [0.29, 0.717) is 30.0 Å². The zero-order valence-corrected chi connectivity index (χ0v) is 22.0. The van der Waals surface area contributed by atoms with E-state index in [2.05, 4.69) is 21.7 Å². The van der Waals surface area contributed by atoms with Crippen molar-refractivity contribution in [1.82, 2.24) is 20.3 Å². The zero-order chi connectivity index (χ0) is 25.6. The highest BCUT2D eigenvalue weighted by molar-refractivity contribution is 7.99. The number of nitrogens with zero attached hydrogens (tertiary/aromatic N) is 4. The summed E-state index contributed by atoms with van der Waals surface area (Å²) in [4.78, 5) is 30.1. The van der Waals surface area contributed by atoms with Crippen molar-refractivity contribution in [3.8, 4) is 0 Å². The third-order valence-electron chi connectivity index (χ3n) is 6.71. The minimum absolute atomic E-state index is 0.0624. The molecule has 5 rings (SSSR count). The van der Waals surface area contributed by atoms with Gasteiger partial charge in [-0.25, -0.2) is 9.97 Å². The molecule has 1 fully saturated rings. The number of para-hydroxylation sites is 1. The van der Waals surface area contributed by atoms with E-state index in [1.165, 1.54) is 11.8 Å². The van der Waals surface area contributed by atoms with E-state index in [0.717, 1.165) is 52.3 Å². The Kier molecular flexibility index (Phi) is 7.84. The summed E-state index contributed by atoms with van der Waals surface area (Å²) in [6.45, 7) is 0.674. The first-order valence-electron chi connectivity index (χ1n) is 12.7. The first kappa shape index (κ1) is 25.0. The minimum Gasteiger partial charge on any atom is -0.362 e. The topological polar surface area (TPSA) is 83.0 Å². The number of carbonyl (C=O) groups is 1. The van der Waals surface area contributed by atoms with Crippen molar-refractivity contribution in [2.45, 2.75) is 41.6 Å². The number of benzene rings is 2. The summed E-state index contributed by atoms with van der Waals surface area (Å²) in [6.07, 6.45) is 5.87. The number of anilines is 2. The molecule has 1 aliphatic carbocycles. The van der Waals surface area contributed by atoms with Gasteiger partial charge in [-0.3, -0.25) is 4.79 Å². The largest absolute Gasteiger partial charge is 0.362 e. The first-order valence-corrected chi connectivity index (χ1v) is 13.5. The predicted molar refractivity (Wildman–Crippen MR) is 150 cm³/mol. The number of pyridine rings is 1. The fraction of sp³-hybridized carbons (Fsp3) is 0.310. The smallest absolute Gasteiger partial charge is 0.254 e. The van der Waals surface area contributed by atoms with Crippen LogP contribution >= 0.6 is 11.8 Å². The fourth-order valence-electron chi connectivity index (χ4n) is 4.74. The van der Waals surface area contributed by atoms with Gasteiger partial charge >= 0.3 is 0 Å². The van der Waals surface area contributed by atoms with Crippen molar-refractivity contribution in [2.75, 3.05) is 30.9 Å². The SMILES string of the molecule is CN(C)c1nc(N[C@H]2CC[C@@H](CNC(=O)c3cccnc3Sc3ccccc3)CC2)nc2ccccc12. The highest BCUT2D eigenvalue weighted by Crippen LogP contribution is 2.30. The number of amides is 1. The Morgan fingerprint density at radius 2 is 1.70 bits per heavy atom. The summed E-state index contributed by atoms with van der Waals surface area (Å²) in [5, 5.41) is 8.50. The molecule has 2 heterocycles. The van der Waals surface area contributed by atoms with Crippen LogP contribution in [0.25, 0.3) is 10.9 Å². The summed E-state index contributed by atoms with van der Waals surface area (Å²) in [6, 6.07) is 22.1. The van der Waals surface area contributed by atoms with E-state index in [1.54, 1.807) is 6.20 Å². The summed E-state index contributed by atoms with van der Waals surface area (Å²) >= 11 is 1.51. The average Bonchev–Trinajstić information content (AvgIpc) is 2.93. The van der Waals surface area contributed by atoms with Gasteiger partial charge < -0.3 is 15.5 Å². The summed E-state index contributed by atoms with van der Waals surface area (Å²) < 4.78 is 0. The van der Waals surface area contributed by atoms with Crippen molar-refractivity contribution < 1.29 is 4.79 Å². The van der Waals surface area contributed by atoms with Crippen molar-refractivity contribution >= 4 is 40.3 Å². The van der Waals surface area contributed by atoms with E-state index in [1.807, 2.05) is 79.7 Å². The predicted octanol–water partition coefficient (Wildman–Crippen LogP) is 5.64. The van der Waals surface area contributed by atoms with Gasteiger partial charge in [-0.15, -0.1) is 0 Å². The Labute approximate surface area is 222 Å². The summed E-state index contributed by atoms with van der Waals surface area (Å²) in [5.74, 6) is 2.00. The fourth-order valence-corrected chi connectivity index (χ4v) is 5.64. The molecule has 8 heteroatoms. The lowest BCUT2D eigenvalue weighted by molar-refractivity contribution is 0.0939. The Hall–Kier alpha value is -3.65. The second kappa shape index (κ2) is 11.6. The number of hydrogen-bond donors (Lipinski definition) is 2. The standard InChI is InChI=1S/C29H32N6OS/c1-35(2)26-23-11-6-7-13-25(23)33-29(34-26)32-21-16-14-20(15-17-21)19-31-27(36)24-12-8-18-30-28(24)37-22-9-4-3-5-10-22/h3-13,18,20-21H,14-17,19H2,1-2H3,(H,31,36)(H,32,33,34)/t20-,21+. The normalized spacial score (nSPS) is 17.4. The van der Waals surface area contributed by atoms with Gasteiger partial charge in [0.15, 0.2) is 0 Å². The molecule has 0 unspecified atom stereocenters. The zero-order valence-electron chi connectivity index (χ0n) is 21.2. The Balaban J connectivity index is 1.15. The molecule has 1 amide bonds. The molecule has 7 nitrogen and oxygen atoms in total. The van der Waals surface area contributed by atoms with Crippen LogP contribution in [0.2, 0.25) is 0 Å². The molecule has 0 saturated heterocycles. The van der Waals surface area contributed by atoms with Crippen molar-refractivity contribution in [3.63, 3.8) is 0 Å². The molecule has 0 aliphatic heterocycles. The van der Waals surface area contributed by atoms with Crippen LogP contribution in [0.4, 0.5) is 11.8 Å². The molecule has 0 radical (unpaired) electrons. The number of rotatable bonds is 8. The molecule has 2 aromatic carbocycles. The summed E-state index contributed by atoms with van der Waals surface area (Å²) in [5.41, 5.74) is 1.57. The number of fused-ring (bicyclic) bond motifs is 1. The number of hydrogen-bond acceptors (Lipinski definition) is 7. The number of aromatic nitrogens is 3. The highest BCUT2D eigenvalue weighted by Gasteiger charge is 2.23. The highest BCUT2D eigenvalue weighted by atomic mass is 32.2. The van der Waals surface area contributed by atoms with Crippen LogP contribution in [-0.2, 0) is 0 Å². The maximum absolute atomic E-state index is 13.0. The molecule has 1 aliphatic rings. The van der Waals surface area contributed by atoms with Gasteiger partial charge in [0.25, 0.3) is 5.91 Å². The van der Waals surface area contributed by atoms with E-state index < -0.39 is 0 Å². The van der Waals surface area contributed by atoms with Gasteiger partial charge in [0.05, 0.1) is 11.1 Å². The van der Waals surface area contributed by atoms with Gasteiger partial charge in [0, 0.05) is 43.2 Å². The van der Waals surface area contributed by atoms with Crippen molar-refractivity contribution in [1.29, 1.82) is 0 Å². The van der Waals surface area contributed by atoms with E-state index in [4.69, 9.17) is 9.97 Å². The minimum atomic E-state index is -0.0624. The number of nitrogens with one attached hydrogen (secondary N) is 2. The lowest BCUT2D eigenvalue weighted by atomic mass is 9.86. The van der Waals surface area contributed by atoms with Crippen molar-refractivity contribution in [2.24, 2.45) is 5.92 Å². The molecule has 2 aromatic heterocycles. The molecule has 2 N–H and O–H groups in total. The van der Waals surface area contributed by atoms with Crippen LogP contribution in [0.3, 0.4) is 0 Å². The average molecular weight is 513 g/mol. The Bertz CT molecular complexity index is 1360. The van der Waals surface area contributed by atoms with Gasteiger partial charge in [0.2, 0.25) is 5.95 Å². The molecule has 0 spiro atoms. The monoisotopic (exact) mass is 512 g/mol. The van der Waals surface area contributed by atoms with Gasteiger partial charge in [-0.2, -0.15) is 4.98 Å². The molecular weight excluding hydrogens is 480 g/mol. The maximum Gasteiger partial charge on any atom is 0.254 e. The molecule has 0 bridgehead atoms. The lowest BCUT2D eigenvalue weighted by Crippen LogP contribution is -2.34. The van der Waals surface area contributed by atoms with E-state index in [9.17, 15) is 4.79 Å². The molecule has 4 aromatic rings. The molecule has 0 atom stereocenters. The van der Waals surface area contributed by atoms with Crippen LogP contribution in [-0.4, -0.2) is 47.5 Å². The third-order valence-corrected chi connectivity index (χ3v) is 7.74. The number of carbonyl (C=O) groups excluding carboxylic acids is 1. The van der Waals surface area contributed by atoms with Gasteiger partial charge in [-0.05, 0) is 68.0 Å². The maximum atomic E-state index is 13.0. The Morgan fingerprint density at radius 3 is 2.49 bits per heavy atom. The van der Waals surface area contributed by atoms with Crippen molar-refractivity contribution in [3.05, 3.63) is 78.5 Å². The molecule has 190 valence electrons. The van der Waals surface area contributed by atoms with E-state index >= 15 is 0 Å². The molecule has 1 saturated carbocycles. The third kappa shape index (κ3) is 6.20. The van der Waals surface area contributed by atoms with Gasteiger partial charge in [0.1, 0.15) is 10.8 Å². The lowest BCUT2D eigenvalue weighted by Gasteiger charge is -2.29. The quantitative estimate of drug-likeness (QED) is 0.316. The molecule has 37 heavy (non-hydrogen) atoms. The van der Waals surface area contributed by atoms with Crippen LogP contribution in [0.1, 0.15) is 36.0 Å².